The predicted octanol–water partition coefficient (Wildman–Crippen LogP) is 4.31. The fourth-order valence-corrected chi connectivity index (χ4v) is 3.57. The molecular weight excluding hydrogens is 368 g/mol. The number of methoxy groups -OCH3 is 1. The Kier molecular flexibility index (Phi) is 5.85. The number of carbonyl (C=O) groups excluding carboxylic acids is 1. The van der Waals surface area contributed by atoms with E-state index in [-0.39, 0.29) is 11.6 Å². The molecular formula is C22H24N4O3. The van der Waals surface area contributed by atoms with Crippen LogP contribution in [0.25, 0.3) is 17.2 Å². The number of nitriles is 1. The number of nitrogens with zero attached hydrogens (tertiary/aromatic N) is 3. The minimum atomic E-state index is -0.471. The maximum absolute atomic E-state index is 12.7. The predicted molar refractivity (Wildman–Crippen MR) is 111 cm³/mol. The van der Waals surface area contributed by atoms with Crippen molar-refractivity contribution in [1.82, 2.24) is 9.55 Å². The maximum Gasteiger partial charge on any atom is 0.266 e. The van der Waals surface area contributed by atoms with E-state index in [1.807, 2.05) is 26.0 Å². The van der Waals surface area contributed by atoms with Crippen LogP contribution in [0.5, 0.6) is 0 Å². The first-order valence-corrected chi connectivity index (χ1v) is 9.31. The van der Waals surface area contributed by atoms with Gasteiger partial charge >= 0.3 is 0 Å². The molecule has 29 heavy (non-hydrogen) atoms. The molecule has 0 spiro atoms. The van der Waals surface area contributed by atoms with Gasteiger partial charge in [0, 0.05) is 31.1 Å². The summed E-state index contributed by atoms with van der Waals surface area (Å²) < 4.78 is 12.8. The van der Waals surface area contributed by atoms with Gasteiger partial charge in [-0.3, -0.25) is 4.79 Å². The number of aryl methyl sites for hydroxylation is 2. The third kappa shape index (κ3) is 4.23. The second kappa shape index (κ2) is 8.33. The van der Waals surface area contributed by atoms with E-state index in [1.165, 1.54) is 0 Å². The van der Waals surface area contributed by atoms with Crippen molar-refractivity contribution in [3.63, 3.8) is 0 Å². The Morgan fingerprint density at radius 2 is 2.14 bits per heavy atom. The number of ether oxygens (including phenoxy) is 1. The van der Waals surface area contributed by atoms with Gasteiger partial charge in [-0.2, -0.15) is 5.26 Å². The largest absolute Gasteiger partial charge is 0.441 e. The first-order chi connectivity index (χ1) is 13.8. The van der Waals surface area contributed by atoms with E-state index in [1.54, 1.807) is 38.3 Å². The van der Waals surface area contributed by atoms with Crippen LogP contribution in [-0.2, 0) is 9.53 Å². The van der Waals surface area contributed by atoms with Crippen LogP contribution in [0.2, 0.25) is 0 Å². The van der Waals surface area contributed by atoms with Gasteiger partial charge < -0.3 is 19.0 Å². The van der Waals surface area contributed by atoms with Gasteiger partial charge in [-0.1, -0.05) is 0 Å². The monoisotopic (exact) mass is 392 g/mol. The molecule has 1 atom stereocenters. The van der Waals surface area contributed by atoms with Crippen molar-refractivity contribution in [1.29, 1.82) is 5.26 Å². The smallest absolute Gasteiger partial charge is 0.266 e. The van der Waals surface area contributed by atoms with Crippen LogP contribution < -0.4 is 5.32 Å². The van der Waals surface area contributed by atoms with Crippen molar-refractivity contribution in [2.75, 3.05) is 19.0 Å². The van der Waals surface area contributed by atoms with Crippen molar-refractivity contribution < 1.29 is 13.9 Å². The van der Waals surface area contributed by atoms with Crippen LogP contribution in [0.15, 0.2) is 34.3 Å². The number of oxazole rings is 1. The van der Waals surface area contributed by atoms with Gasteiger partial charge in [0.1, 0.15) is 17.2 Å². The van der Waals surface area contributed by atoms with E-state index in [0.29, 0.717) is 29.3 Å². The average molecular weight is 392 g/mol. The second-order valence-electron chi connectivity index (χ2n) is 7.04. The molecule has 1 N–H and O–H groups in total. The lowest BCUT2D eigenvalue weighted by Gasteiger charge is -2.17. The lowest BCUT2D eigenvalue weighted by atomic mass is 10.1. The Morgan fingerprint density at radius 1 is 1.38 bits per heavy atom. The summed E-state index contributed by atoms with van der Waals surface area (Å²) >= 11 is 0. The summed E-state index contributed by atoms with van der Waals surface area (Å²) in [6.45, 7) is 8.38. The summed E-state index contributed by atoms with van der Waals surface area (Å²) in [6, 6.07) is 9.30. The fraction of sp³-hybridized carbons (Fsp3) is 0.318. The molecule has 0 aliphatic heterocycles. The first-order valence-electron chi connectivity index (χ1n) is 9.31. The number of hydrogen-bond donors (Lipinski definition) is 1. The van der Waals surface area contributed by atoms with E-state index in [0.717, 1.165) is 17.0 Å². The highest BCUT2D eigenvalue weighted by Crippen LogP contribution is 2.24. The molecule has 7 nitrogen and oxygen atoms in total. The number of amides is 1. The van der Waals surface area contributed by atoms with Crippen LogP contribution >= 0.6 is 0 Å². The molecule has 150 valence electrons. The van der Waals surface area contributed by atoms with Gasteiger partial charge in [0.05, 0.1) is 12.6 Å². The van der Waals surface area contributed by atoms with Crippen LogP contribution in [0, 0.1) is 32.1 Å². The number of rotatable bonds is 6. The summed E-state index contributed by atoms with van der Waals surface area (Å²) in [7, 11) is 1.67. The topological polar surface area (TPSA) is 93.1 Å². The quantitative estimate of drug-likeness (QED) is 0.498. The van der Waals surface area contributed by atoms with Crippen LogP contribution in [-0.4, -0.2) is 29.2 Å². The molecule has 0 fully saturated rings. The number of aromatic nitrogens is 2. The number of carbonyl (C=O) groups is 1. The molecule has 0 saturated heterocycles. The molecule has 0 radical (unpaired) electrons. The van der Waals surface area contributed by atoms with Gasteiger partial charge in [-0.25, -0.2) is 4.98 Å². The van der Waals surface area contributed by atoms with Crippen molar-refractivity contribution in [2.45, 2.75) is 33.7 Å². The Balaban J connectivity index is 1.86. The molecule has 1 aromatic carbocycles. The van der Waals surface area contributed by atoms with Gasteiger partial charge in [-0.05, 0) is 56.7 Å². The molecule has 1 unspecified atom stereocenters. The molecule has 0 aliphatic rings. The molecule has 2 heterocycles. The van der Waals surface area contributed by atoms with Gasteiger partial charge in [0.2, 0.25) is 0 Å². The van der Waals surface area contributed by atoms with Crippen LogP contribution in [0.3, 0.4) is 0 Å². The minimum absolute atomic E-state index is 0.0288. The fourth-order valence-electron chi connectivity index (χ4n) is 3.57. The summed E-state index contributed by atoms with van der Waals surface area (Å²) in [5.41, 5.74) is 4.74. The highest BCUT2D eigenvalue weighted by atomic mass is 16.5. The SMILES string of the molecule is COCC(C)n1c(C)cc(/C=C(\C#N)C(=O)Nc2ccc3oc(C)nc3c2)c1C. The van der Waals surface area contributed by atoms with E-state index >= 15 is 0 Å². The zero-order valence-corrected chi connectivity index (χ0v) is 17.2. The average Bonchev–Trinajstić information content (AvgIpc) is 3.17. The Labute approximate surface area is 169 Å². The Hall–Kier alpha value is -3.37. The number of benzene rings is 1. The Bertz CT molecular complexity index is 1130. The first kappa shape index (κ1) is 20.4. The highest BCUT2D eigenvalue weighted by Gasteiger charge is 2.16. The number of hydrogen-bond acceptors (Lipinski definition) is 5. The number of nitrogens with one attached hydrogen (secondary N) is 1. The molecule has 3 rings (SSSR count). The number of fused-ring (bicyclic) bond motifs is 1. The van der Waals surface area contributed by atoms with Gasteiger partial charge in [0.15, 0.2) is 11.5 Å². The second-order valence-corrected chi connectivity index (χ2v) is 7.04. The van der Waals surface area contributed by atoms with E-state index in [2.05, 4.69) is 21.8 Å². The lowest BCUT2D eigenvalue weighted by Crippen LogP contribution is -2.14. The van der Waals surface area contributed by atoms with Crippen molar-refractivity contribution in [3.8, 4) is 6.07 Å². The van der Waals surface area contributed by atoms with E-state index in [4.69, 9.17) is 9.15 Å². The summed E-state index contributed by atoms with van der Waals surface area (Å²) in [6.07, 6.45) is 1.62. The zero-order valence-electron chi connectivity index (χ0n) is 17.2. The Morgan fingerprint density at radius 3 is 2.83 bits per heavy atom. The summed E-state index contributed by atoms with van der Waals surface area (Å²) in [4.78, 5) is 16.9. The van der Waals surface area contributed by atoms with Crippen molar-refractivity contribution in [3.05, 3.63) is 52.7 Å². The van der Waals surface area contributed by atoms with Crippen molar-refractivity contribution in [2.24, 2.45) is 0 Å². The summed E-state index contributed by atoms with van der Waals surface area (Å²) in [5, 5.41) is 12.3. The van der Waals surface area contributed by atoms with Crippen molar-refractivity contribution >= 4 is 28.8 Å². The normalized spacial score (nSPS) is 12.8. The zero-order chi connectivity index (χ0) is 21.1. The summed E-state index contributed by atoms with van der Waals surface area (Å²) in [5.74, 6) is 0.0842. The standard InChI is InChI=1S/C22H24N4O3/c1-13-8-17(15(3)26(13)14(2)12-28-5)9-18(11-23)22(27)25-19-6-7-21-20(10-19)24-16(4)29-21/h6-10,14H,12H2,1-5H3,(H,25,27)/b18-9+. The molecule has 7 heteroatoms. The number of anilines is 1. The molecule has 3 aromatic rings. The van der Waals surface area contributed by atoms with E-state index in [9.17, 15) is 10.1 Å². The molecule has 0 saturated carbocycles. The lowest BCUT2D eigenvalue weighted by molar-refractivity contribution is -0.112. The molecule has 0 aliphatic carbocycles. The highest BCUT2D eigenvalue weighted by molar-refractivity contribution is 6.10. The van der Waals surface area contributed by atoms with Crippen LogP contribution in [0.4, 0.5) is 5.69 Å². The van der Waals surface area contributed by atoms with Gasteiger partial charge in [-0.15, -0.1) is 0 Å². The third-order valence-electron chi connectivity index (χ3n) is 4.79. The minimum Gasteiger partial charge on any atom is -0.441 e. The molecule has 2 aromatic heterocycles. The maximum atomic E-state index is 12.7. The molecule has 1 amide bonds. The van der Waals surface area contributed by atoms with E-state index < -0.39 is 5.91 Å². The molecule has 0 bridgehead atoms. The van der Waals surface area contributed by atoms with Gasteiger partial charge in [0.25, 0.3) is 5.91 Å². The third-order valence-corrected chi connectivity index (χ3v) is 4.79. The van der Waals surface area contributed by atoms with Crippen LogP contribution in [0.1, 0.15) is 35.8 Å².